The van der Waals surface area contributed by atoms with Crippen LogP contribution in [0.1, 0.15) is 13.8 Å². The van der Waals surface area contributed by atoms with E-state index < -0.39 is 0 Å². The number of ether oxygens (including phenoxy) is 1. The lowest BCUT2D eigenvalue weighted by Gasteiger charge is -2.23. The first-order chi connectivity index (χ1) is 8.02. The first-order valence-electron chi connectivity index (χ1n) is 5.17. The average Bonchev–Trinajstić information content (AvgIpc) is 2.73. The molecule has 2 heterocycles. The molecule has 0 unspecified atom stereocenters. The van der Waals surface area contributed by atoms with Crippen molar-refractivity contribution in [3.8, 4) is 0 Å². The van der Waals surface area contributed by atoms with Crippen LogP contribution in [0, 0.1) is 0 Å². The van der Waals surface area contributed by atoms with Crippen molar-refractivity contribution < 1.29 is 4.74 Å². The minimum Gasteiger partial charge on any atom is -0.377 e. The molecule has 1 N–H and O–H groups in total. The van der Waals surface area contributed by atoms with E-state index in [0.717, 1.165) is 5.82 Å². The van der Waals surface area contributed by atoms with Crippen LogP contribution in [-0.2, 0) is 4.74 Å². The molecule has 0 saturated heterocycles. The van der Waals surface area contributed by atoms with Gasteiger partial charge in [-0.25, -0.2) is 0 Å². The molecule has 7 heteroatoms. The number of fused-ring (bicyclic) bond motifs is 1. The van der Waals surface area contributed by atoms with E-state index >= 15 is 0 Å². The van der Waals surface area contributed by atoms with Gasteiger partial charge in [0.1, 0.15) is 17.3 Å². The summed E-state index contributed by atoms with van der Waals surface area (Å²) >= 11 is 5.90. The quantitative estimate of drug-likeness (QED) is 0.841. The minimum absolute atomic E-state index is 0.275. The van der Waals surface area contributed by atoms with Crippen molar-refractivity contribution in [2.75, 3.05) is 19.0 Å². The number of nitrogens with one attached hydrogen (secondary N) is 1. The summed E-state index contributed by atoms with van der Waals surface area (Å²) in [5.41, 5.74) is -0.275. The SMILES string of the molecule is COC(C)(C)CNc1cc(Cl)nc2ncnn12. The standard InChI is InChI=1S/C10H14ClN5O/c1-10(2,17-3)5-12-8-4-7(11)15-9-13-6-14-16(8)9/h4,6,12H,5H2,1-3H3. The molecule has 0 atom stereocenters. The van der Waals surface area contributed by atoms with Crippen molar-refractivity contribution in [1.29, 1.82) is 0 Å². The average molecular weight is 256 g/mol. The van der Waals surface area contributed by atoms with Gasteiger partial charge in [0.05, 0.1) is 5.60 Å². The van der Waals surface area contributed by atoms with Crippen LogP contribution in [0.2, 0.25) is 5.15 Å². The predicted molar refractivity (Wildman–Crippen MR) is 65.4 cm³/mol. The summed E-state index contributed by atoms with van der Waals surface area (Å²) in [4.78, 5) is 8.03. The molecule has 6 nitrogen and oxygen atoms in total. The second-order valence-corrected chi connectivity index (χ2v) is 4.64. The van der Waals surface area contributed by atoms with Crippen LogP contribution >= 0.6 is 11.6 Å². The second kappa shape index (κ2) is 4.46. The Morgan fingerprint density at radius 2 is 2.29 bits per heavy atom. The van der Waals surface area contributed by atoms with Crippen LogP contribution in [0.4, 0.5) is 5.82 Å². The van der Waals surface area contributed by atoms with Crippen molar-refractivity contribution in [1.82, 2.24) is 19.6 Å². The molecule has 0 aliphatic carbocycles. The van der Waals surface area contributed by atoms with E-state index in [0.29, 0.717) is 17.5 Å². The van der Waals surface area contributed by atoms with Crippen molar-refractivity contribution >= 4 is 23.2 Å². The van der Waals surface area contributed by atoms with E-state index in [9.17, 15) is 0 Å². The van der Waals surface area contributed by atoms with Gasteiger partial charge in [0.15, 0.2) is 0 Å². The molecule has 0 fully saturated rings. The molecule has 0 aliphatic rings. The Morgan fingerprint density at radius 1 is 1.53 bits per heavy atom. The van der Waals surface area contributed by atoms with Crippen molar-refractivity contribution in [3.05, 3.63) is 17.5 Å². The fourth-order valence-electron chi connectivity index (χ4n) is 1.28. The number of anilines is 1. The summed E-state index contributed by atoms with van der Waals surface area (Å²) in [5, 5.41) is 7.66. The van der Waals surface area contributed by atoms with Gasteiger partial charge < -0.3 is 10.1 Å². The molecular weight excluding hydrogens is 242 g/mol. The first-order valence-corrected chi connectivity index (χ1v) is 5.55. The summed E-state index contributed by atoms with van der Waals surface area (Å²) in [6.07, 6.45) is 1.44. The molecule has 0 aliphatic heterocycles. The van der Waals surface area contributed by atoms with Gasteiger partial charge in [-0.2, -0.15) is 19.6 Å². The van der Waals surface area contributed by atoms with E-state index in [-0.39, 0.29) is 5.60 Å². The zero-order valence-electron chi connectivity index (χ0n) is 9.94. The molecule has 0 spiro atoms. The van der Waals surface area contributed by atoms with E-state index in [1.807, 2.05) is 13.8 Å². The summed E-state index contributed by atoms with van der Waals surface area (Å²) in [7, 11) is 1.67. The number of hydrogen-bond acceptors (Lipinski definition) is 5. The zero-order valence-corrected chi connectivity index (χ0v) is 10.7. The molecule has 2 rings (SSSR count). The van der Waals surface area contributed by atoms with Crippen LogP contribution in [0.5, 0.6) is 0 Å². The van der Waals surface area contributed by atoms with E-state index in [1.165, 1.54) is 6.33 Å². The van der Waals surface area contributed by atoms with Crippen molar-refractivity contribution in [2.24, 2.45) is 0 Å². The van der Waals surface area contributed by atoms with Gasteiger partial charge in [-0.3, -0.25) is 0 Å². The second-order valence-electron chi connectivity index (χ2n) is 4.25. The number of halogens is 1. The Morgan fingerprint density at radius 3 is 3.00 bits per heavy atom. The van der Waals surface area contributed by atoms with Crippen LogP contribution in [0.25, 0.3) is 5.78 Å². The Hall–Kier alpha value is -1.40. The molecule has 0 aromatic carbocycles. The third-order valence-electron chi connectivity index (χ3n) is 2.47. The van der Waals surface area contributed by atoms with E-state index in [4.69, 9.17) is 16.3 Å². The molecule has 0 amide bonds. The lowest BCUT2D eigenvalue weighted by molar-refractivity contribution is 0.0343. The van der Waals surface area contributed by atoms with Crippen LogP contribution in [0.15, 0.2) is 12.4 Å². The van der Waals surface area contributed by atoms with Gasteiger partial charge in [0.25, 0.3) is 5.78 Å². The smallest absolute Gasteiger partial charge is 0.255 e. The molecule has 92 valence electrons. The highest BCUT2D eigenvalue weighted by molar-refractivity contribution is 6.29. The van der Waals surface area contributed by atoms with Gasteiger partial charge in [0.2, 0.25) is 0 Å². The van der Waals surface area contributed by atoms with Crippen LogP contribution < -0.4 is 5.32 Å². The maximum absolute atomic E-state index is 5.90. The summed E-state index contributed by atoms with van der Waals surface area (Å²) < 4.78 is 6.92. The number of methoxy groups -OCH3 is 1. The molecular formula is C10H14ClN5O. The van der Waals surface area contributed by atoms with Gasteiger partial charge in [-0.1, -0.05) is 11.6 Å². The highest BCUT2D eigenvalue weighted by Crippen LogP contribution is 2.16. The Balaban J connectivity index is 2.26. The maximum atomic E-state index is 5.90. The Bertz CT molecular complexity index is 524. The Kier molecular flexibility index (Phi) is 3.17. The van der Waals surface area contributed by atoms with Crippen LogP contribution in [-0.4, -0.2) is 38.8 Å². The summed E-state index contributed by atoms with van der Waals surface area (Å²) in [5.74, 6) is 1.21. The zero-order chi connectivity index (χ0) is 12.5. The lowest BCUT2D eigenvalue weighted by atomic mass is 10.1. The van der Waals surface area contributed by atoms with E-state index in [2.05, 4.69) is 20.4 Å². The number of rotatable bonds is 4. The third-order valence-corrected chi connectivity index (χ3v) is 2.66. The number of nitrogens with zero attached hydrogens (tertiary/aromatic N) is 4. The molecule has 0 bridgehead atoms. The third kappa shape index (κ3) is 2.65. The van der Waals surface area contributed by atoms with Gasteiger partial charge >= 0.3 is 0 Å². The van der Waals surface area contributed by atoms with E-state index in [1.54, 1.807) is 17.7 Å². The largest absolute Gasteiger partial charge is 0.377 e. The summed E-state index contributed by atoms with van der Waals surface area (Å²) in [6, 6.07) is 1.70. The maximum Gasteiger partial charge on any atom is 0.255 e. The van der Waals surface area contributed by atoms with Crippen LogP contribution in [0.3, 0.4) is 0 Å². The topological polar surface area (TPSA) is 64.3 Å². The Labute approximate surface area is 104 Å². The van der Waals surface area contributed by atoms with Crippen molar-refractivity contribution in [3.63, 3.8) is 0 Å². The fourth-order valence-corrected chi connectivity index (χ4v) is 1.46. The number of hydrogen-bond donors (Lipinski definition) is 1. The molecule has 2 aromatic rings. The van der Waals surface area contributed by atoms with Gasteiger partial charge in [0, 0.05) is 19.7 Å². The van der Waals surface area contributed by atoms with Gasteiger partial charge in [-0.05, 0) is 13.8 Å². The van der Waals surface area contributed by atoms with Crippen molar-refractivity contribution in [2.45, 2.75) is 19.4 Å². The predicted octanol–water partition coefficient (Wildman–Crippen LogP) is 1.61. The number of aromatic nitrogens is 4. The molecule has 17 heavy (non-hydrogen) atoms. The highest BCUT2D eigenvalue weighted by atomic mass is 35.5. The first kappa shape index (κ1) is 12.1. The molecule has 2 aromatic heterocycles. The monoisotopic (exact) mass is 255 g/mol. The fraction of sp³-hybridized carbons (Fsp3) is 0.500. The minimum atomic E-state index is -0.275. The normalized spacial score (nSPS) is 12.0. The highest BCUT2D eigenvalue weighted by Gasteiger charge is 2.17. The summed E-state index contributed by atoms with van der Waals surface area (Å²) in [6.45, 7) is 4.60. The van der Waals surface area contributed by atoms with Gasteiger partial charge in [-0.15, -0.1) is 0 Å². The molecule has 0 saturated carbocycles. The molecule has 0 radical (unpaired) electrons. The lowest BCUT2D eigenvalue weighted by Crippen LogP contribution is -2.32.